The molecule has 1 aliphatic heterocycles. The SMILES string of the molecule is Cc1ccc(F)c([C@H](C)[C@H](NS(=O)(=O)N2CCC(C)CC2)c2n[nH]c(=O)o2)c1C. The lowest BCUT2D eigenvalue weighted by atomic mass is 9.88. The van der Waals surface area contributed by atoms with Crippen molar-refractivity contribution in [3.63, 3.8) is 0 Å². The van der Waals surface area contributed by atoms with Gasteiger partial charge in [0, 0.05) is 19.0 Å². The molecular formula is C19H27FN4O4S. The second kappa shape index (κ2) is 8.37. The second-order valence-corrected chi connectivity index (χ2v) is 9.53. The fourth-order valence-corrected chi connectivity index (χ4v) is 5.20. The van der Waals surface area contributed by atoms with Gasteiger partial charge in [0.25, 0.3) is 10.2 Å². The predicted molar refractivity (Wildman–Crippen MR) is 106 cm³/mol. The zero-order valence-corrected chi connectivity index (χ0v) is 17.8. The Balaban J connectivity index is 1.98. The van der Waals surface area contributed by atoms with E-state index in [2.05, 4.69) is 21.8 Å². The Hall–Kier alpha value is -2.04. The standard InChI is InChI=1S/C19H27FN4O4S/c1-11-7-9-24(10-8-11)29(26,27)23-17(18-21-22-19(25)28-18)14(4)16-13(3)12(2)5-6-15(16)20/h5-6,11,14,17,23H,7-10H2,1-4H3,(H,22,25)/t14-,17-/m0/s1. The van der Waals surface area contributed by atoms with Gasteiger partial charge in [-0.05, 0) is 55.4 Å². The molecule has 0 bridgehead atoms. The summed E-state index contributed by atoms with van der Waals surface area (Å²) >= 11 is 0. The third kappa shape index (κ3) is 4.59. The summed E-state index contributed by atoms with van der Waals surface area (Å²) in [6.07, 6.45) is 1.54. The van der Waals surface area contributed by atoms with Crippen LogP contribution in [0, 0.1) is 25.6 Å². The van der Waals surface area contributed by atoms with E-state index in [9.17, 15) is 17.6 Å². The number of aromatic nitrogens is 2. The summed E-state index contributed by atoms with van der Waals surface area (Å²) in [5.74, 6) is -1.58. The van der Waals surface area contributed by atoms with Crippen LogP contribution in [0.25, 0.3) is 0 Å². The van der Waals surface area contributed by atoms with E-state index in [0.717, 1.165) is 18.4 Å². The number of rotatable bonds is 6. The van der Waals surface area contributed by atoms with Gasteiger partial charge in [-0.15, -0.1) is 5.10 Å². The Bertz CT molecular complexity index is 1030. The van der Waals surface area contributed by atoms with E-state index in [-0.39, 0.29) is 5.89 Å². The van der Waals surface area contributed by atoms with Crippen molar-refractivity contribution < 1.29 is 17.2 Å². The number of aryl methyl sites for hydroxylation is 1. The van der Waals surface area contributed by atoms with Crippen molar-refractivity contribution in [1.82, 2.24) is 19.2 Å². The van der Waals surface area contributed by atoms with Gasteiger partial charge in [-0.25, -0.2) is 14.3 Å². The number of nitrogens with zero attached hydrogens (tertiary/aromatic N) is 2. The van der Waals surface area contributed by atoms with Gasteiger partial charge in [-0.1, -0.05) is 19.9 Å². The van der Waals surface area contributed by atoms with Gasteiger partial charge in [0.1, 0.15) is 11.9 Å². The highest BCUT2D eigenvalue weighted by atomic mass is 32.2. The van der Waals surface area contributed by atoms with Gasteiger partial charge in [-0.3, -0.25) is 0 Å². The number of hydrogen-bond acceptors (Lipinski definition) is 5. The molecular weight excluding hydrogens is 399 g/mol. The number of benzene rings is 1. The lowest BCUT2D eigenvalue weighted by Gasteiger charge is -2.32. The van der Waals surface area contributed by atoms with Crippen molar-refractivity contribution in [1.29, 1.82) is 0 Å². The molecule has 2 aromatic rings. The van der Waals surface area contributed by atoms with Crippen LogP contribution in [-0.4, -0.2) is 36.0 Å². The van der Waals surface area contributed by atoms with Crippen molar-refractivity contribution in [2.75, 3.05) is 13.1 Å². The molecule has 1 saturated heterocycles. The molecule has 2 atom stereocenters. The first kappa shape index (κ1) is 21.7. The topological polar surface area (TPSA) is 108 Å². The summed E-state index contributed by atoms with van der Waals surface area (Å²) in [6, 6.07) is 1.98. The normalized spacial score (nSPS) is 18.7. The molecule has 1 aliphatic rings. The Labute approximate surface area is 169 Å². The molecule has 1 fully saturated rings. The predicted octanol–water partition coefficient (Wildman–Crippen LogP) is 2.53. The maximum absolute atomic E-state index is 14.7. The van der Waals surface area contributed by atoms with E-state index >= 15 is 0 Å². The van der Waals surface area contributed by atoms with Crippen LogP contribution in [-0.2, 0) is 10.2 Å². The zero-order chi connectivity index (χ0) is 21.3. The van der Waals surface area contributed by atoms with Crippen LogP contribution in [0.3, 0.4) is 0 Å². The minimum atomic E-state index is -3.89. The summed E-state index contributed by atoms with van der Waals surface area (Å²) < 4.78 is 49.7. The van der Waals surface area contributed by atoms with E-state index in [1.165, 1.54) is 10.4 Å². The van der Waals surface area contributed by atoms with E-state index in [4.69, 9.17) is 4.42 Å². The number of piperidine rings is 1. The molecule has 1 aromatic heterocycles. The number of hydrogen-bond donors (Lipinski definition) is 2. The molecule has 0 saturated carbocycles. The third-order valence-corrected chi connectivity index (χ3v) is 7.36. The van der Waals surface area contributed by atoms with Crippen molar-refractivity contribution in [2.45, 2.75) is 52.5 Å². The van der Waals surface area contributed by atoms with Crippen LogP contribution in [0.4, 0.5) is 4.39 Å². The smallest absolute Gasteiger partial charge is 0.391 e. The molecule has 2 heterocycles. The molecule has 0 radical (unpaired) electrons. The van der Waals surface area contributed by atoms with Crippen molar-refractivity contribution in [2.24, 2.45) is 5.92 Å². The Morgan fingerprint density at radius 3 is 2.55 bits per heavy atom. The largest absolute Gasteiger partial charge is 0.434 e. The number of halogens is 1. The molecule has 3 rings (SSSR count). The second-order valence-electron chi connectivity index (χ2n) is 7.83. The van der Waals surface area contributed by atoms with Crippen LogP contribution in [0.15, 0.2) is 21.3 Å². The average Bonchev–Trinajstić information content (AvgIpc) is 3.09. The molecule has 0 spiro atoms. The summed E-state index contributed by atoms with van der Waals surface area (Å²) in [7, 11) is -3.89. The number of H-pyrrole nitrogens is 1. The first-order valence-corrected chi connectivity index (χ1v) is 11.1. The molecule has 0 unspecified atom stereocenters. The molecule has 160 valence electrons. The molecule has 1 aromatic carbocycles. The first-order valence-electron chi connectivity index (χ1n) is 9.68. The minimum Gasteiger partial charge on any atom is -0.391 e. The number of aromatic amines is 1. The average molecular weight is 427 g/mol. The maximum Gasteiger partial charge on any atom is 0.434 e. The Morgan fingerprint density at radius 2 is 1.97 bits per heavy atom. The van der Waals surface area contributed by atoms with E-state index in [1.807, 2.05) is 6.92 Å². The van der Waals surface area contributed by atoms with Gasteiger partial charge in [0.05, 0.1) is 0 Å². The van der Waals surface area contributed by atoms with E-state index in [0.29, 0.717) is 30.1 Å². The number of nitrogens with one attached hydrogen (secondary N) is 2. The van der Waals surface area contributed by atoms with E-state index < -0.39 is 33.7 Å². The molecule has 0 aliphatic carbocycles. The Morgan fingerprint density at radius 1 is 1.31 bits per heavy atom. The van der Waals surface area contributed by atoms with Gasteiger partial charge in [-0.2, -0.15) is 17.4 Å². The van der Waals surface area contributed by atoms with E-state index in [1.54, 1.807) is 19.9 Å². The maximum atomic E-state index is 14.7. The molecule has 2 N–H and O–H groups in total. The van der Waals surface area contributed by atoms with Crippen molar-refractivity contribution in [3.8, 4) is 0 Å². The summed E-state index contributed by atoms with van der Waals surface area (Å²) in [5.41, 5.74) is 1.95. The van der Waals surface area contributed by atoms with Gasteiger partial charge >= 0.3 is 5.76 Å². The molecule has 0 amide bonds. The zero-order valence-electron chi connectivity index (χ0n) is 17.0. The van der Waals surface area contributed by atoms with Gasteiger partial charge in [0.2, 0.25) is 5.89 Å². The quantitative estimate of drug-likeness (QED) is 0.738. The van der Waals surface area contributed by atoms with Crippen LogP contribution in [0.1, 0.15) is 61.2 Å². The molecule has 29 heavy (non-hydrogen) atoms. The van der Waals surface area contributed by atoms with Crippen LogP contribution in [0.2, 0.25) is 0 Å². The van der Waals surface area contributed by atoms with Gasteiger partial charge < -0.3 is 4.42 Å². The summed E-state index contributed by atoms with van der Waals surface area (Å²) in [5, 5.41) is 5.97. The highest BCUT2D eigenvalue weighted by Crippen LogP contribution is 2.35. The lowest BCUT2D eigenvalue weighted by molar-refractivity contribution is 0.279. The van der Waals surface area contributed by atoms with Crippen LogP contribution >= 0.6 is 0 Å². The fraction of sp³-hybridized carbons (Fsp3) is 0.579. The third-order valence-electron chi connectivity index (χ3n) is 5.77. The Kier molecular flexibility index (Phi) is 6.25. The lowest BCUT2D eigenvalue weighted by Crippen LogP contribution is -2.46. The molecule has 10 heteroatoms. The van der Waals surface area contributed by atoms with Crippen molar-refractivity contribution in [3.05, 3.63) is 51.1 Å². The van der Waals surface area contributed by atoms with Gasteiger partial charge in [0.15, 0.2) is 0 Å². The first-order chi connectivity index (χ1) is 13.6. The fourth-order valence-electron chi connectivity index (χ4n) is 3.73. The highest BCUT2D eigenvalue weighted by molar-refractivity contribution is 7.87. The summed E-state index contributed by atoms with van der Waals surface area (Å²) in [6.45, 7) is 8.21. The molecule has 8 nitrogen and oxygen atoms in total. The monoisotopic (exact) mass is 426 g/mol. The van der Waals surface area contributed by atoms with Crippen LogP contribution in [0.5, 0.6) is 0 Å². The minimum absolute atomic E-state index is 0.128. The van der Waals surface area contributed by atoms with Crippen LogP contribution < -0.4 is 10.5 Å². The van der Waals surface area contributed by atoms with Crippen molar-refractivity contribution >= 4 is 10.2 Å². The highest BCUT2D eigenvalue weighted by Gasteiger charge is 2.35. The summed E-state index contributed by atoms with van der Waals surface area (Å²) in [4.78, 5) is 11.5.